The molecule has 0 amide bonds. The summed E-state index contributed by atoms with van der Waals surface area (Å²) in [5.74, 6) is 1.65. The second kappa shape index (κ2) is 9.42. The molecule has 4 heteroatoms. The largest absolute Gasteiger partial charge is 0.493 e. The normalized spacial score (nSPS) is 19.0. The number of methoxy groups -OCH3 is 1. The minimum atomic E-state index is 0.0161. The van der Waals surface area contributed by atoms with Crippen molar-refractivity contribution in [2.24, 2.45) is 0 Å². The van der Waals surface area contributed by atoms with Gasteiger partial charge < -0.3 is 14.2 Å². The minimum Gasteiger partial charge on any atom is -0.493 e. The van der Waals surface area contributed by atoms with Crippen molar-refractivity contribution in [3.8, 4) is 11.5 Å². The van der Waals surface area contributed by atoms with E-state index >= 15 is 0 Å². The number of rotatable bonds is 8. The lowest BCUT2D eigenvalue weighted by molar-refractivity contribution is -0.00935. The van der Waals surface area contributed by atoms with Crippen LogP contribution in [0.3, 0.4) is 0 Å². The monoisotopic (exact) mass is 381 g/mol. The molecule has 0 N–H and O–H groups in total. The maximum absolute atomic E-state index is 6.58. The zero-order valence-corrected chi connectivity index (χ0v) is 16.8. The highest BCUT2D eigenvalue weighted by atomic mass is 16.5. The van der Waals surface area contributed by atoms with E-state index in [1.807, 2.05) is 18.5 Å². The molecule has 1 heterocycles. The van der Waals surface area contributed by atoms with Crippen LogP contribution in [0.4, 0.5) is 0 Å². The van der Waals surface area contributed by atoms with Crippen molar-refractivity contribution in [3.63, 3.8) is 0 Å². The third-order valence-corrected chi connectivity index (χ3v) is 5.98. The van der Waals surface area contributed by atoms with Crippen LogP contribution in [0.5, 0.6) is 11.5 Å². The first-order valence-corrected chi connectivity index (χ1v) is 10.7. The minimum absolute atomic E-state index is 0.0161. The lowest BCUT2D eigenvalue weighted by Gasteiger charge is -2.24. The Balaban J connectivity index is 1.58. The van der Waals surface area contributed by atoms with Crippen LogP contribution >= 0.6 is 0 Å². The van der Waals surface area contributed by atoms with E-state index in [9.17, 15) is 0 Å². The van der Waals surface area contributed by atoms with Crippen LogP contribution in [0, 0.1) is 0 Å². The highest BCUT2D eigenvalue weighted by Gasteiger charge is 2.24. The molecule has 0 radical (unpaired) electrons. The van der Waals surface area contributed by atoms with Crippen LogP contribution in [0.2, 0.25) is 0 Å². The van der Waals surface area contributed by atoms with Crippen LogP contribution in [-0.4, -0.2) is 24.3 Å². The Morgan fingerprint density at radius 2 is 1.57 bits per heavy atom. The molecule has 1 aromatic heterocycles. The molecule has 1 atom stereocenters. The van der Waals surface area contributed by atoms with E-state index in [0.29, 0.717) is 12.2 Å². The third-order valence-electron chi connectivity index (χ3n) is 5.98. The Morgan fingerprint density at radius 1 is 0.893 bits per heavy atom. The van der Waals surface area contributed by atoms with Gasteiger partial charge in [-0.05, 0) is 73.9 Å². The lowest BCUT2D eigenvalue weighted by atomic mass is 10.0. The van der Waals surface area contributed by atoms with Crippen LogP contribution < -0.4 is 9.47 Å². The number of hydrogen-bond acceptors (Lipinski definition) is 4. The van der Waals surface area contributed by atoms with Crippen LogP contribution in [0.1, 0.15) is 68.6 Å². The summed E-state index contributed by atoms with van der Waals surface area (Å²) >= 11 is 0. The highest BCUT2D eigenvalue weighted by molar-refractivity contribution is 5.44. The molecule has 2 aromatic rings. The first kappa shape index (κ1) is 19.3. The molecule has 4 nitrogen and oxygen atoms in total. The quantitative estimate of drug-likeness (QED) is 0.592. The number of pyridine rings is 1. The summed E-state index contributed by atoms with van der Waals surface area (Å²) < 4.78 is 18.5. The molecule has 1 unspecified atom stereocenters. The third kappa shape index (κ3) is 4.85. The zero-order chi connectivity index (χ0) is 19.2. The van der Waals surface area contributed by atoms with E-state index in [2.05, 4.69) is 29.2 Å². The summed E-state index contributed by atoms with van der Waals surface area (Å²) in [5.41, 5.74) is 2.41. The molecule has 0 saturated heterocycles. The summed E-state index contributed by atoms with van der Waals surface area (Å²) in [6, 6.07) is 10.4. The maximum atomic E-state index is 6.58. The summed E-state index contributed by atoms with van der Waals surface area (Å²) in [4.78, 5) is 4.15. The van der Waals surface area contributed by atoms with Gasteiger partial charge in [0.05, 0.1) is 25.4 Å². The number of hydrogen-bond donors (Lipinski definition) is 0. The second-order valence-corrected chi connectivity index (χ2v) is 8.03. The molecular formula is C24H31NO3. The number of ether oxygens (including phenoxy) is 3. The molecular weight excluding hydrogens is 350 g/mol. The number of benzene rings is 1. The average molecular weight is 382 g/mol. The second-order valence-electron chi connectivity index (χ2n) is 8.03. The van der Waals surface area contributed by atoms with E-state index < -0.39 is 0 Å². The van der Waals surface area contributed by atoms with Gasteiger partial charge in [-0.1, -0.05) is 18.9 Å². The number of aromatic nitrogens is 1. The Kier molecular flexibility index (Phi) is 6.48. The van der Waals surface area contributed by atoms with Gasteiger partial charge in [0.2, 0.25) is 0 Å². The van der Waals surface area contributed by atoms with E-state index in [4.69, 9.17) is 14.2 Å². The van der Waals surface area contributed by atoms with E-state index in [-0.39, 0.29) is 6.10 Å². The molecule has 0 spiro atoms. The van der Waals surface area contributed by atoms with Crippen molar-refractivity contribution in [3.05, 3.63) is 53.9 Å². The summed E-state index contributed by atoms with van der Waals surface area (Å²) in [6.07, 6.45) is 14.8. The fourth-order valence-electron chi connectivity index (χ4n) is 4.41. The standard InChI is InChI=1S/C24H31NO3/c1-26-22-11-10-19(17-24(22)28-21-8-4-5-9-21)23(27-20-6-2-3-7-20)16-18-12-14-25-15-13-18/h10-15,17,20-21,23H,2-9,16H2,1H3. The highest BCUT2D eigenvalue weighted by Crippen LogP contribution is 2.37. The predicted octanol–water partition coefficient (Wildman–Crippen LogP) is 5.65. The van der Waals surface area contributed by atoms with Crippen molar-refractivity contribution < 1.29 is 14.2 Å². The Labute approximate surface area is 168 Å². The van der Waals surface area contributed by atoms with Gasteiger partial charge in [-0.3, -0.25) is 4.98 Å². The predicted molar refractivity (Wildman–Crippen MR) is 110 cm³/mol. The Bertz CT molecular complexity index is 737. The van der Waals surface area contributed by atoms with Crippen molar-refractivity contribution >= 4 is 0 Å². The Hall–Kier alpha value is -2.07. The van der Waals surface area contributed by atoms with Crippen LogP contribution in [0.15, 0.2) is 42.7 Å². The van der Waals surface area contributed by atoms with E-state index in [0.717, 1.165) is 49.2 Å². The van der Waals surface area contributed by atoms with Gasteiger partial charge in [0.1, 0.15) is 0 Å². The van der Waals surface area contributed by atoms with Crippen molar-refractivity contribution in [1.82, 2.24) is 4.98 Å². The first-order chi connectivity index (χ1) is 13.8. The van der Waals surface area contributed by atoms with Crippen LogP contribution in [-0.2, 0) is 11.2 Å². The topological polar surface area (TPSA) is 40.6 Å². The van der Waals surface area contributed by atoms with Gasteiger partial charge in [-0.15, -0.1) is 0 Å². The molecule has 2 saturated carbocycles. The van der Waals surface area contributed by atoms with Crippen molar-refractivity contribution in [1.29, 1.82) is 0 Å². The molecule has 0 bridgehead atoms. The summed E-state index contributed by atoms with van der Waals surface area (Å²) in [7, 11) is 1.71. The number of nitrogens with zero attached hydrogens (tertiary/aromatic N) is 1. The van der Waals surface area contributed by atoms with E-state index in [1.165, 1.54) is 31.2 Å². The van der Waals surface area contributed by atoms with Gasteiger partial charge in [0.15, 0.2) is 11.5 Å². The average Bonchev–Trinajstić information content (AvgIpc) is 3.42. The van der Waals surface area contributed by atoms with Gasteiger partial charge in [0.25, 0.3) is 0 Å². The van der Waals surface area contributed by atoms with Crippen molar-refractivity contribution in [2.45, 2.75) is 76.1 Å². The molecule has 2 aliphatic carbocycles. The van der Waals surface area contributed by atoms with Gasteiger partial charge in [-0.25, -0.2) is 0 Å². The maximum Gasteiger partial charge on any atom is 0.161 e. The van der Waals surface area contributed by atoms with Crippen LogP contribution in [0.25, 0.3) is 0 Å². The fraction of sp³-hybridized carbons (Fsp3) is 0.542. The molecule has 28 heavy (non-hydrogen) atoms. The van der Waals surface area contributed by atoms with Gasteiger partial charge in [-0.2, -0.15) is 0 Å². The van der Waals surface area contributed by atoms with E-state index in [1.54, 1.807) is 7.11 Å². The summed E-state index contributed by atoms with van der Waals surface area (Å²) in [6.45, 7) is 0. The molecule has 2 fully saturated rings. The smallest absolute Gasteiger partial charge is 0.161 e. The van der Waals surface area contributed by atoms with Gasteiger partial charge in [0, 0.05) is 18.8 Å². The van der Waals surface area contributed by atoms with Crippen molar-refractivity contribution in [2.75, 3.05) is 7.11 Å². The molecule has 1 aromatic carbocycles. The Morgan fingerprint density at radius 3 is 2.25 bits per heavy atom. The molecule has 2 aliphatic rings. The molecule has 4 rings (SSSR count). The SMILES string of the molecule is COc1ccc(C(Cc2ccncc2)OC2CCCC2)cc1OC1CCCC1. The first-order valence-electron chi connectivity index (χ1n) is 10.7. The van der Waals surface area contributed by atoms with Gasteiger partial charge >= 0.3 is 0 Å². The summed E-state index contributed by atoms with van der Waals surface area (Å²) in [5, 5.41) is 0. The fourth-order valence-corrected chi connectivity index (χ4v) is 4.41. The molecule has 150 valence electrons. The molecule has 0 aliphatic heterocycles. The zero-order valence-electron chi connectivity index (χ0n) is 16.8. The lowest BCUT2D eigenvalue weighted by Crippen LogP contribution is -2.17.